The molecule has 0 aromatic heterocycles. The van der Waals surface area contributed by atoms with Gasteiger partial charge in [-0.3, -0.25) is 9.59 Å². The molecule has 3 aromatic carbocycles. The van der Waals surface area contributed by atoms with E-state index >= 15 is 0 Å². The van der Waals surface area contributed by atoms with Crippen molar-refractivity contribution in [2.24, 2.45) is 0 Å². The Kier molecular flexibility index (Phi) is 6.69. The smallest absolute Gasteiger partial charge is 0.262 e. The number of fused-ring (bicyclic) bond motifs is 1. The van der Waals surface area contributed by atoms with Crippen LogP contribution in [0.2, 0.25) is 0 Å². The topological polar surface area (TPSA) is 106 Å². The summed E-state index contributed by atoms with van der Waals surface area (Å²) in [7, 11) is 0. The first-order valence-corrected chi connectivity index (χ1v) is 12.3. The number of rotatable bonds is 6. The molecular weight excluding hydrogens is 468 g/mol. The predicted octanol–water partition coefficient (Wildman–Crippen LogP) is 4.03. The summed E-state index contributed by atoms with van der Waals surface area (Å²) in [5.74, 6) is -0.394. The first-order chi connectivity index (χ1) is 17.9. The van der Waals surface area contributed by atoms with Crippen LogP contribution < -0.4 is 10.1 Å². The summed E-state index contributed by atoms with van der Waals surface area (Å²) < 4.78 is 5.94. The Morgan fingerprint density at radius 1 is 1.11 bits per heavy atom. The average Bonchev–Trinajstić information content (AvgIpc) is 3.55. The Bertz CT molecular complexity index is 1380. The normalized spacial score (nSPS) is 16.3. The molecule has 1 saturated heterocycles. The molecule has 0 spiro atoms. The van der Waals surface area contributed by atoms with Crippen LogP contribution in [-0.2, 0) is 24.5 Å². The van der Waals surface area contributed by atoms with Gasteiger partial charge in [-0.05, 0) is 41.3 Å². The molecule has 5 rings (SSSR count). The SMILES string of the molecule is CC(=O)N1CC[C@H](Nc2cccc3c2CN(C(=O)c2c(O)cc(C#N)cc2OCc2ccccc2)C3)C1. The van der Waals surface area contributed by atoms with E-state index in [1.807, 2.05) is 59.5 Å². The van der Waals surface area contributed by atoms with Crippen molar-refractivity contribution < 1.29 is 19.4 Å². The van der Waals surface area contributed by atoms with E-state index in [2.05, 4.69) is 5.32 Å². The molecule has 2 amide bonds. The van der Waals surface area contributed by atoms with Gasteiger partial charge in [0.1, 0.15) is 23.7 Å². The van der Waals surface area contributed by atoms with E-state index in [0.29, 0.717) is 19.6 Å². The molecule has 2 aliphatic rings. The van der Waals surface area contributed by atoms with Crippen molar-refractivity contribution in [1.29, 1.82) is 5.26 Å². The van der Waals surface area contributed by atoms with E-state index in [1.165, 1.54) is 12.1 Å². The number of nitrogens with zero attached hydrogens (tertiary/aromatic N) is 3. The molecule has 0 aliphatic carbocycles. The fraction of sp³-hybridized carbons (Fsp3) is 0.276. The lowest BCUT2D eigenvalue weighted by Gasteiger charge is -2.20. The third kappa shape index (κ3) is 5.07. The molecule has 2 aliphatic heterocycles. The van der Waals surface area contributed by atoms with Gasteiger partial charge in [-0.2, -0.15) is 5.26 Å². The van der Waals surface area contributed by atoms with Crippen molar-refractivity contribution in [1.82, 2.24) is 9.80 Å². The van der Waals surface area contributed by atoms with Crippen LogP contribution in [0.5, 0.6) is 11.5 Å². The van der Waals surface area contributed by atoms with Crippen LogP contribution in [0.1, 0.15) is 46.0 Å². The minimum atomic E-state index is -0.365. The first-order valence-electron chi connectivity index (χ1n) is 12.3. The number of likely N-dealkylation sites (tertiary alicyclic amines) is 1. The number of hydrogen-bond donors (Lipinski definition) is 2. The van der Waals surface area contributed by atoms with Crippen molar-refractivity contribution >= 4 is 17.5 Å². The number of anilines is 1. The third-order valence-electron chi connectivity index (χ3n) is 6.93. The number of nitriles is 1. The van der Waals surface area contributed by atoms with Crippen molar-refractivity contribution in [3.05, 3.63) is 88.5 Å². The molecule has 1 atom stereocenters. The quantitative estimate of drug-likeness (QED) is 0.534. The summed E-state index contributed by atoms with van der Waals surface area (Å²) in [6, 6.07) is 20.4. The highest BCUT2D eigenvalue weighted by atomic mass is 16.5. The van der Waals surface area contributed by atoms with Crippen molar-refractivity contribution in [3.63, 3.8) is 0 Å². The zero-order valence-corrected chi connectivity index (χ0v) is 20.6. The van der Waals surface area contributed by atoms with Gasteiger partial charge in [-0.1, -0.05) is 42.5 Å². The summed E-state index contributed by atoms with van der Waals surface area (Å²) in [4.78, 5) is 28.9. The summed E-state index contributed by atoms with van der Waals surface area (Å²) >= 11 is 0. The van der Waals surface area contributed by atoms with Crippen LogP contribution in [0.3, 0.4) is 0 Å². The Balaban J connectivity index is 1.36. The Morgan fingerprint density at radius 2 is 1.92 bits per heavy atom. The molecular formula is C29H28N4O4. The van der Waals surface area contributed by atoms with Crippen LogP contribution in [0.15, 0.2) is 60.7 Å². The molecule has 3 aromatic rings. The maximum Gasteiger partial charge on any atom is 0.262 e. The van der Waals surface area contributed by atoms with Crippen LogP contribution in [-0.4, -0.2) is 45.9 Å². The van der Waals surface area contributed by atoms with Crippen LogP contribution in [0, 0.1) is 11.3 Å². The molecule has 2 N–H and O–H groups in total. The van der Waals surface area contributed by atoms with Crippen LogP contribution >= 0.6 is 0 Å². The minimum Gasteiger partial charge on any atom is -0.507 e. The van der Waals surface area contributed by atoms with Gasteiger partial charge in [0.2, 0.25) is 5.91 Å². The largest absolute Gasteiger partial charge is 0.507 e. The maximum atomic E-state index is 13.7. The van der Waals surface area contributed by atoms with E-state index in [1.54, 1.807) is 11.8 Å². The van der Waals surface area contributed by atoms with Crippen LogP contribution in [0.25, 0.3) is 0 Å². The number of phenolic OH excluding ortho intramolecular Hbond substituents is 1. The standard InChI is InChI=1S/C29H28N4O4/c1-19(34)32-11-10-23(16-32)31-25-9-5-8-22-15-33(17-24(22)25)29(36)28-26(35)12-21(14-30)13-27(28)37-18-20-6-3-2-4-7-20/h2-9,12-13,23,31,35H,10-11,15-18H2,1H3/t23-/m0/s1. The van der Waals surface area contributed by atoms with E-state index in [9.17, 15) is 20.0 Å². The number of carbonyl (C=O) groups is 2. The zero-order valence-electron chi connectivity index (χ0n) is 20.6. The van der Waals surface area contributed by atoms with Gasteiger partial charge in [0.25, 0.3) is 5.91 Å². The molecule has 0 saturated carbocycles. The summed E-state index contributed by atoms with van der Waals surface area (Å²) in [6.45, 7) is 3.94. The molecule has 37 heavy (non-hydrogen) atoms. The number of amides is 2. The van der Waals surface area contributed by atoms with Gasteiger partial charge in [0, 0.05) is 44.8 Å². The van der Waals surface area contributed by atoms with Crippen LogP contribution in [0.4, 0.5) is 5.69 Å². The molecule has 0 bridgehead atoms. The minimum absolute atomic E-state index is 0.0464. The number of benzene rings is 3. The number of nitrogens with one attached hydrogen (secondary N) is 1. The second kappa shape index (κ2) is 10.2. The highest BCUT2D eigenvalue weighted by Crippen LogP contribution is 2.36. The van der Waals surface area contributed by atoms with Gasteiger partial charge in [-0.25, -0.2) is 0 Å². The van der Waals surface area contributed by atoms with E-state index in [0.717, 1.165) is 35.3 Å². The van der Waals surface area contributed by atoms with Gasteiger partial charge >= 0.3 is 0 Å². The van der Waals surface area contributed by atoms with Gasteiger partial charge in [0.05, 0.1) is 11.6 Å². The fourth-order valence-electron chi connectivity index (χ4n) is 4.97. The Labute approximate surface area is 215 Å². The number of aromatic hydroxyl groups is 1. The predicted molar refractivity (Wildman–Crippen MR) is 138 cm³/mol. The van der Waals surface area contributed by atoms with Crippen molar-refractivity contribution in [2.75, 3.05) is 18.4 Å². The molecule has 0 unspecified atom stereocenters. The van der Waals surface area contributed by atoms with Gasteiger partial charge in [-0.15, -0.1) is 0 Å². The van der Waals surface area contributed by atoms with E-state index in [4.69, 9.17) is 4.74 Å². The Hall–Kier alpha value is -4.51. The Morgan fingerprint density at radius 3 is 2.65 bits per heavy atom. The summed E-state index contributed by atoms with van der Waals surface area (Å²) in [5, 5.41) is 23.7. The number of hydrogen-bond acceptors (Lipinski definition) is 6. The van der Waals surface area contributed by atoms with Crippen molar-refractivity contribution in [3.8, 4) is 17.6 Å². The lowest BCUT2D eigenvalue weighted by Crippen LogP contribution is -2.30. The zero-order chi connectivity index (χ0) is 25.9. The average molecular weight is 497 g/mol. The van der Waals surface area contributed by atoms with E-state index < -0.39 is 0 Å². The molecule has 1 fully saturated rings. The second-order valence-electron chi connectivity index (χ2n) is 9.45. The molecule has 2 heterocycles. The highest BCUT2D eigenvalue weighted by molar-refractivity contribution is 6.00. The molecule has 8 nitrogen and oxygen atoms in total. The fourth-order valence-corrected chi connectivity index (χ4v) is 4.97. The number of ether oxygens (including phenoxy) is 1. The van der Waals surface area contributed by atoms with Gasteiger partial charge in [0.15, 0.2) is 0 Å². The van der Waals surface area contributed by atoms with Gasteiger partial charge < -0.3 is 25.0 Å². The molecule has 8 heteroatoms. The summed E-state index contributed by atoms with van der Waals surface area (Å²) in [6.07, 6.45) is 0.868. The van der Waals surface area contributed by atoms with Crippen molar-refractivity contribution in [2.45, 2.75) is 39.1 Å². The monoisotopic (exact) mass is 496 g/mol. The third-order valence-corrected chi connectivity index (χ3v) is 6.93. The highest BCUT2D eigenvalue weighted by Gasteiger charge is 2.31. The second-order valence-corrected chi connectivity index (χ2v) is 9.45. The number of phenols is 1. The lowest BCUT2D eigenvalue weighted by atomic mass is 10.1. The lowest BCUT2D eigenvalue weighted by molar-refractivity contribution is -0.127. The first kappa shape index (κ1) is 24.2. The maximum absolute atomic E-state index is 13.7. The van der Waals surface area contributed by atoms with E-state index in [-0.39, 0.29) is 47.1 Å². The molecule has 188 valence electrons. The number of carbonyl (C=O) groups excluding carboxylic acids is 2. The molecule has 0 radical (unpaired) electrons. The summed E-state index contributed by atoms with van der Waals surface area (Å²) in [5.41, 5.74) is 4.17.